The number of hydrogen-bond donors (Lipinski definition) is 0. The first-order valence-electron chi connectivity index (χ1n) is 7.12. The molecule has 1 unspecified atom stereocenters. The van der Waals surface area contributed by atoms with Gasteiger partial charge in [-0.25, -0.2) is 0 Å². The van der Waals surface area contributed by atoms with Gasteiger partial charge in [0, 0.05) is 16.6 Å². The Morgan fingerprint density at radius 3 is 2.86 bits per heavy atom. The zero-order valence-electron chi connectivity index (χ0n) is 12.1. The molecule has 1 saturated carbocycles. The number of nitro benzene ring substituents is 1. The van der Waals surface area contributed by atoms with Crippen molar-refractivity contribution in [2.24, 2.45) is 5.41 Å². The van der Waals surface area contributed by atoms with Crippen LogP contribution in [-0.4, -0.2) is 27.5 Å². The largest absolute Gasteiger partial charge is 0.465 e. The highest BCUT2D eigenvalue weighted by Gasteiger charge is 2.72. The van der Waals surface area contributed by atoms with Crippen LogP contribution in [0.25, 0.3) is 0 Å². The summed E-state index contributed by atoms with van der Waals surface area (Å²) < 4.78 is 12.2. The van der Waals surface area contributed by atoms with E-state index in [4.69, 9.17) is 9.47 Å². The van der Waals surface area contributed by atoms with Crippen LogP contribution in [0.5, 0.6) is 0 Å². The molecule has 2 saturated heterocycles. The van der Waals surface area contributed by atoms with Gasteiger partial charge in [0.2, 0.25) is 0 Å². The third-order valence-corrected chi connectivity index (χ3v) is 5.84. The van der Waals surface area contributed by atoms with Crippen LogP contribution in [-0.2, 0) is 14.3 Å². The molecule has 1 aromatic carbocycles. The summed E-state index contributed by atoms with van der Waals surface area (Å²) in [5, 5.41) is 11.0. The van der Waals surface area contributed by atoms with Gasteiger partial charge in [-0.1, -0.05) is 34.7 Å². The smallest absolute Gasteiger partial charge is 0.315 e. The van der Waals surface area contributed by atoms with Crippen molar-refractivity contribution in [3.05, 3.63) is 39.9 Å². The molecule has 1 aliphatic carbocycles. The van der Waals surface area contributed by atoms with E-state index in [2.05, 4.69) is 22.6 Å². The number of ether oxygens (including phenoxy) is 2. The summed E-state index contributed by atoms with van der Waals surface area (Å²) in [6, 6.07) is 6.34. The van der Waals surface area contributed by atoms with Gasteiger partial charge in [0.25, 0.3) is 5.69 Å². The summed E-state index contributed by atoms with van der Waals surface area (Å²) in [6.45, 7) is 2.09. The number of rotatable bonds is 5. The van der Waals surface area contributed by atoms with Gasteiger partial charge >= 0.3 is 5.97 Å². The van der Waals surface area contributed by atoms with Gasteiger partial charge in [0.1, 0.15) is 5.41 Å². The van der Waals surface area contributed by atoms with Crippen molar-refractivity contribution in [1.29, 1.82) is 0 Å². The molecule has 3 fully saturated rings. The Morgan fingerprint density at radius 2 is 2.27 bits per heavy atom. The van der Waals surface area contributed by atoms with E-state index in [0.29, 0.717) is 25.0 Å². The summed E-state index contributed by atoms with van der Waals surface area (Å²) in [5.74, 6) is -0.260. The number of non-ortho nitro benzene ring substituents is 1. The molecule has 2 heterocycles. The van der Waals surface area contributed by atoms with Crippen LogP contribution in [0.15, 0.2) is 24.3 Å². The molecule has 0 radical (unpaired) electrons. The first-order chi connectivity index (χ1) is 10.5. The first kappa shape index (κ1) is 15.7. The maximum atomic E-state index is 12.4. The number of esters is 1. The van der Waals surface area contributed by atoms with Crippen LogP contribution in [0, 0.1) is 15.5 Å². The zero-order chi connectivity index (χ0) is 16.0. The van der Waals surface area contributed by atoms with E-state index in [1.807, 2.05) is 0 Å². The Balaban J connectivity index is 1.96. The molecule has 6 nitrogen and oxygen atoms in total. The Kier molecular flexibility index (Phi) is 3.88. The average Bonchev–Trinajstić information content (AvgIpc) is 2.99. The maximum absolute atomic E-state index is 12.4. The second-order valence-electron chi connectivity index (χ2n) is 5.90. The van der Waals surface area contributed by atoms with Gasteiger partial charge in [-0.3, -0.25) is 14.9 Å². The van der Waals surface area contributed by atoms with Gasteiger partial charge in [0.05, 0.1) is 23.2 Å². The third kappa shape index (κ3) is 2.21. The maximum Gasteiger partial charge on any atom is 0.315 e. The monoisotopic (exact) mass is 417 g/mol. The van der Waals surface area contributed by atoms with Crippen LogP contribution >= 0.6 is 22.6 Å². The van der Waals surface area contributed by atoms with Crippen LogP contribution in [0.3, 0.4) is 0 Å². The van der Waals surface area contributed by atoms with Crippen molar-refractivity contribution in [2.75, 3.05) is 11.0 Å². The number of benzene rings is 1. The number of fused-ring (bicyclic) bond motifs is 1. The molecule has 4 rings (SSSR count). The number of hydrogen-bond acceptors (Lipinski definition) is 5. The number of nitrogens with zero attached hydrogens (tertiary/aromatic N) is 1. The second-order valence-corrected chi connectivity index (χ2v) is 6.66. The normalized spacial score (nSPS) is 32.4. The Labute approximate surface area is 141 Å². The van der Waals surface area contributed by atoms with E-state index in [1.165, 1.54) is 12.1 Å². The van der Waals surface area contributed by atoms with Crippen molar-refractivity contribution in [3.63, 3.8) is 0 Å². The Morgan fingerprint density at radius 1 is 1.55 bits per heavy atom. The summed E-state index contributed by atoms with van der Waals surface area (Å²) in [7, 11) is 0. The molecule has 0 aromatic heterocycles. The number of carbonyl (C=O) groups excluding carboxylic acids is 1. The standard InChI is InChI=1S/C15H16INO5/c1-2-21-13(18)15-7-14(8-15,9-16)22-12(15)10-4-3-5-11(6-10)17(19)20/h3-6,12H,2,7-9H2,1H3. The zero-order valence-corrected chi connectivity index (χ0v) is 14.2. The first-order valence-corrected chi connectivity index (χ1v) is 8.64. The molecule has 1 atom stereocenters. The molecule has 0 amide bonds. The number of halogens is 1. The summed E-state index contributed by atoms with van der Waals surface area (Å²) >= 11 is 2.26. The highest BCUT2D eigenvalue weighted by atomic mass is 127. The van der Waals surface area contributed by atoms with Gasteiger partial charge in [-0.2, -0.15) is 0 Å². The highest BCUT2D eigenvalue weighted by molar-refractivity contribution is 14.1. The van der Waals surface area contributed by atoms with Crippen molar-refractivity contribution < 1.29 is 19.2 Å². The minimum absolute atomic E-state index is 0.00716. The van der Waals surface area contributed by atoms with Crippen LogP contribution in [0.2, 0.25) is 0 Å². The predicted molar refractivity (Wildman–Crippen MR) is 86.8 cm³/mol. The topological polar surface area (TPSA) is 78.7 Å². The summed E-state index contributed by atoms with van der Waals surface area (Å²) in [4.78, 5) is 23.0. The molecule has 2 aliphatic heterocycles. The number of nitro groups is 1. The Hall–Kier alpha value is -1.22. The van der Waals surface area contributed by atoms with E-state index in [1.54, 1.807) is 19.1 Å². The molecule has 118 valence electrons. The number of carbonyl (C=O) groups is 1. The molecule has 2 bridgehead atoms. The quantitative estimate of drug-likeness (QED) is 0.242. The van der Waals surface area contributed by atoms with E-state index >= 15 is 0 Å². The van der Waals surface area contributed by atoms with Gasteiger partial charge in [0.15, 0.2) is 0 Å². The molecule has 0 spiro atoms. The minimum atomic E-state index is -0.698. The summed E-state index contributed by atoms with van der Waals surface area (Å²) in [6.07, 6.45) is 0.769. The minimum Gasteiger partial charge on any atom is -0.465 e. The van der Waals surface area contributed by atoms with Crippen molar-refractivity contribution in [2.45, 2.75) is 31.5 Å². The van der Waals surface area contributed by atoms with Gasteiger partial charge < -0.3 is 9.47 Å². The fourth-order valence-electron chi connectivity index (χ4n) is 3.57. The molecule has 0 N–H and O–H groups in total. The summed E-state index contributed by atoms with van der Waals surface area (Å²) in [5.41, 5.74) is -0.321. The lowest BCUT2D eigenvalue weighted by Gasteiger charge is -2.42. The van der Waals surface area contributed by atoms with Gasteiger partial charge in [-0.05, 0) is 25.3 Å². The SMILES string of the molecule is CCOC(=O)C12CC(CI)(C1)OC2c1cccc([N+](=O)[O-])c1. The third-order valence-electron chi connectivity index (χ3n) is 4.45. The molecular formula is C15H16INO5. The molecular weight excluding hydrogens is 401 g/mol. The van der Waals surface area contributed by atoms with Crippen molar-refractivity contribution in [3.8, 4) is 0 Å². The van der Waals surface area contributed by atoms with Crippen LogP contribution in [0.4, 0.5) is 5.69 Å². The van der Waals surface area contributed by atoms with E-state index in [9.17, 15) is 14.9 Å². The fraction of sp³-hybridized carbons (Fsp3) is 0.533. The molecule has 3 aliphatic rings. The molecule has 22 heavy (non-hydrogen) atoms. The number of alkyl halides is 1. The Bertz CT molecular complexity index is 626. The lowest BCUT2D eigenvalue weighted by molar-refractivity contribution is -0.385. The van der Waals surface area contributed by atoms with E-state index in [0.717, 1.165) is 4.43 Å². The highest BCUT2D eigenvalue weighted by Crippen LogP contribution is 2.68. The van der Waals surface area contributed by atoms with Crippen molar-refractivity contribution >= 4 is 34.2 Å². The predicted octanol–water partition coefficient (Wildman–Crippen LogP) is 3.18. The molecule has 1 aromatic rings. The van der Waals surface area contributed by atoms with Gasteiger partial charge in [-0.15, -0.1) is 0 Å². The fourth-order valence-corrected chi connectivity index (χ4v) is 4.29. The van der Waals surface area contributed by atoms with Crippen LogP contribution in [0.1, 0.15) is 31.4 Å². The average molecular weight is 417 g/mol. The van der Waals surface area contributed by atoms with E-state index in [-0.39, 0.29) is 17.3 Å². The molecule has 7 heteroatoms. The van der Waals surface area contributed by atoms with Crippen LogP contribution < -0.4 is 0 Å². The lowest BCUT2D eigenvalue weighted by Crippen LogP contribution is -2.50. The second kappa shape index (κ2) is 5.45. The van der Waals surface area contributed by atoms with E-state index < -0.39 is 16.4 Å². The lowest BCUT2D eigenvalue weighted by atomic mass is 9.60. The van der Waals surface area contributed by atoms with Crippen molar-refractivity contribution in [1.82, 2.24) is 0 Å².